The molecule has 1 atom stereocenters. The van der Waals surface area contributed by atoms with E-state index >= 15 is 0 Å². The normalized spacial score (nSPS) is 14.5. The molecule has 0 fully saturated rings. The number of sulfonamides is 1. The third kappa shape index (κ3) is 5.79. The van der Waals surface area contributed by atoms with Gasteiger partial charge >= 0.3 is 0 Å². The summed E-state index contributed by atoms with van der Waals surface area (Å²) in [6.45, 7) is 7.90. The van der Waals surface area contributed by atoms with Crippen LogP contribution in [0.1, 0.15) is 50.7 Å². The molecule has 0 bridgehead atoms. The Morgan fingerprint density at radius 2 is 1.36 bits per heavy atom. The van der Waals surface area contributed by atoms with Crippen molar-refractivity contribution in [3.05, 3.63) is 70.6 Å². The molecule has 28 heavy (non-hydrogen) atoms. The maximum absolute atomic E-state index is 13.9. The molecule has 0 radical (unpaired) electrons. The molecule has 0 aromatic heterocycles. The van der Waals surface area contributed by atoms with Gasteiger partial charge < -0.3 is 0 Å². The first kappa shape index (κ1) is 22.4. The minimum absolute atomic E-state index is 0.0537. The van der Waals surface area contributed by atoms with E-state index in [1.165, 1.54) is 12.1 Å². The lowest BCUT2D eigenvalue weighted by Crippen LogP contribution is -2.05. The van der Waals surface area contributed by atoms with E-state index in [2.05, 4.69) is 10.7 Å². The molecule has 0 saturated heterocycles. The van der Waals surface area contributed by atoms with Crippen LogP contribution >= 0.6 is 0 Å². The van der Waals surface area contributed by atoms with E-state index in [1.54, 1.807) is 29.7 Å². The highest BCUT2D eigenvalue weighted by Crippen LogP contribution is 2.25. The smallest absolute Gasteiger partial charge is 0.239 e. The average Bonchev–Trinajstić information content (AvgIpc) is 2.65. The van der Waals surface area contributed by atoms with E-state index in [9.17, 15) is 12.6 Å². The number of nitrogens with zero attached hydrogens (tertiary/aromatic N) is 1. The van der Waals surface area contributed by atoms with Gasteiger partial charge in [0.1, 0.15) is 9.73 Å². The van der Waals surface area contributed by atoms with Crippen molar-refractivity contribution in [3.63, 3.8) is 0 Å². The summed E-state index contributed by atoms with van der Waals surface area (Å²) < 4.78 is 43.6. The van der Waals surface area contributed by atoms with Crippen LogP contribution in [-0.4, -0.2) is 12.6 Å². The Morgan fingerprint density at radius 1 is 0.857 bits per heavy atom. The fraction of sp³-hybridized carbons (Fsp3) is 0.364. The summed E-state index contributed by atoms with van der Waals surface area (Å²) in [5.41, 5.74) is 2.93. The van der Waals surface area contributed by atoms with Crippen LogP contribution < -0.4 is 0 Å². The third-order valence-corrected chi connectivity index (χ3v) is 8.66. The van der Waals surface area contributed by atoms with Gasteiger partial charge in [0.2, 0.25) is 0 Å². The molecule has 0 amide bonds. The molecule has 0 aliphatic heterocycles. The van der Waals surface area contributed by atoms with E-state index in [0.717, 1.165) is 36.0 Å². The van der Waals surface area contributed by atoms with Crippen LogP contribution in [-0.2, 0) is 19.8 Å². The molecule has 6 heteroatoms. The zero-order valence-corrected chi connectivity index (χ0v) is 18.6. The molecule has 0 spiro atoms. The van der Waals surface area contributed by atoms with E-state index in [0.29, 0.717) is 11.3 Å². The lowest BCUT2D eigenvalue weighted by atomic mass is 10.1. The number of rotatable bonds is 8. The Bertz CT molecular complexity index is 1040. The molecule has 152 valence electrons. The fourth-order valence-electron chi connectivity index (χ4n) is 2.71. The quantitative estimate of drug-likeness (QED) is 0.527. The van der Waals surface area contributed by atoms with Crippen molar-refractivity contribution in [3.8, 4) is 0 Å². The number of aryl methyl sites for hydroxylation is 2. The van der Waals surface area contributed by atoms with Gasteiger partial charge in [-0.1, -0.05) is 65.0 Å². The molecule has 0 unspecified atom stereocenters. The molecule has 4 nitrogen and oxygen atoms in total. The molecule has 0 aliphatic rings. The summed E-state index contributed by atoms with van der Waals surface area (Å²) in [5.74, 6) is 0. The van der Waals surface area contributed by atoms with Crippen molar-refractivity contribution < 1.29 is 12.6 Å². The van der Waals surface area contributed by atoms with Crippen LogP contribution in [0.4, 0.5) is 0 Å². The standard InChI is InChI=1S/C22H29NO3S2/c1-5-7-8-20(6-2)17-27(24,21-13-9-18(3)10-14-21)23-28(25,26)22-15-11-19(4)12-16-22/h9-17H,5-8H2,1-4H3/t27-/m0/s1. The third-order valence-electron chi connectivity index (χ3n) is 4.52. The number of hydrogen-bond donors (Lipinski definition) is 0. The van der Waals surface area contributed by atoms with E-state index in [1.807, 2.05) is 32.9 Å². The molecule has 0 heterocycles. The second kappa shape index (κ2) is 9.52. The van der Waals surface area contributed by atoms with Gasteiger partial charge in [0.05, 0.1) is 9.79 Å². The molecule has 2 aromatic rings. The Kier molecular flexibility index (Phi) is 7.61. The fourth-order valence-corrected chi connectivity index (χ4v) is 6.62. The first-order valence-corrected chi connectivity index (χ1v) is 12.6. The molecule has 2 aromatic carbocycles. The van der Waals surface area contributed by atoms with Crippen molar-refractivity contribution in [2.24, 2.45) is 3.77 Å². The topological polar surface area (TPSA) is 63.6 Å². The van der Waals surface area contributed by atoms with Gasteiger partial charge in [0, 0.05) is 5.41 Å². The van der Waals surface area contributed by atoms with E-state index in [4.69, 9.17) is 0 Å². The van der Waals surface area contributed by atoms with Gasteiger partial charge in [-0.25, -0.2) is 4.21 Å². The molecular formula is C22H29NO3S2. The zero-order chi connectivity index (χ0) is 20.8. The molecule has 0 saturated carbocycles. The van der Waals surface area contributed by atoms with Crippen molar-refractivity contribution >= 4 is 19.8 Å². The maximum Gasteiger partial charge on any atom is 0.290 e. The van der Waals surface area contributed by atoms with Crippen molar-refractivity contribution in [1.82, 2.24) is 0 Å². The predicted molar refractivity (Wildman–Crippen MR) is 116 cm³/mol. The molecular weight excluding hydrogens is 390 g/mol. The number of allylic oxidation sites excluding steroid dienone is 1. The van der Waals surface area contributed by atoms with Gasteiger partial charge in [-0.3, -0.25) is 0 Å². The van der Waals surface area contributed by atoms with Crippen LogP contribution in [0, 0.1) is 13.8 Å². The highest BCUT2D eigenvalue weighted by atomic mass is 32.3. The van der Waals surface area contributed by atoms with Gasteiger partial charge in [0.15, 0.2) is 0 Å². The monoisotopic (exact) mass is 419 g/mol. The molecule has 0 aliphatic carbocycles. The number of benzene rings is 2. The largest absolute Gasteiger partial charge is 0.290 e. The lowest BCUT2D eigenvalue weighted by Gasteiger charge is -2.11. The minimum atomic E-state index is -4.06. The Labute approximate surface area is 169 Å². The maximum atomic E-state index is 13.9. The molecule has 0 N–H and O–H groups in total. The first-order chi connectivity index (χ1) is 13.2. The summed E-state index contributed by atoms with van der Waals surface area (Å²) >= 11 is 0. The highest BCUT2D eigenvalue weighted by molar-refractivity contribution is 8.05. The lowest BCUT2D eigenvalue weighted by molar-refractivity contribution is 0.598. The highest BCUT2D eigenvalue weighted by Gasteiger charge is 2.20. The summed E-state index contributed by atoms with van der Waals surface area (Å²) in [4.78, 5) is 0.467. The van der Waals surface area contributed by atoms with Crippen LogP contribution in [0.15, 0.2) is 73.1 Å². The Morgan fingerprint density at radius 3 is 1.82 bits per heavy atom. The van der Waals surface area contributed by atoms with Crippen molar-refractivity contribution in [2.45, 2.75) is 63.2 Å². The first-order valence-electron chi connectivity index (χ1n) is 9.56. The second-order valence-corrected chi connectivity index (χ2v) is 10.8. The summed E-state index contributed by atoms with van der Waals surface area (Å²) in [5, 5.41) is 1.58. The van der Waals surface area contributed by atoms with Crippen LogP contribution in [0.3, 0.4) is 0 Å². The average molecular weight is 420 g/mol. The van der Waals surface area contributed by atoms with E-state index < -0.39 is 19.8 Å². The van der Waals surface area contributed by atoms with Crippen LogP contribution in [0.25, 0.3) is 0 Å². The summed E-state index contributed by atoms with van der Waals surface area (Å²) in [6, 6.07) is 13.5. The summed E-state index contributed by atoms with van der Waals surface area (Å²) in [6.07, 6.45) is 3.48. The summed E-state index contributed by atoms with van der Waals surface area (Å²) in [7, 11) is -7.33. The van der Waals surface area contributed by atoms with Gasteiger partial charge in [-0.2, -0.15) is 8.42 Å². The minimum Gasteiger partial charge on any atom is -0.239 e. The van der Waals surface area contributed by atoms with Crippen LogP contribution in [0.5, 0.6) is 0 Å². The molecule has 2 rings (SSSR count). The zero-order valence-electron chi connectivity index (χ0n) is 17.0. The van der Waals surface area contributed by atoms with Gasteiger partial charge in [0.25, 0.3) is 10.0 Å². The number of hydrogen-bond acceptors (Lipinski definition) is 3. The second-order valence-electron chi connectivity index (χ2n) is 6.98. The van der Waals surface area contributed by atoms with Gasteiger partial charge in [-0.15, -0.1) is 0 Å². The Hall–Kier alpha value is -1.92. The Balaban J connectivity index is 2.68. The SMILES string of the molecule is CCCCC(=C[S@@](=O)(=NS(=O)(=O)c1ccc(C)cc1)c1ccc(C)cc1)CC. The van der Waals surface area contributed by atoms with Crippen LogP contribution in [0.2, 0.25) is 0 Å². The van der Waals surface area contributed by atoms with Crippen molar-refractivity contribution in [2.75, 3.05) is 0 Å². The predicted octanol–water partition coefficient (Wildman–Crippen LogP) is 6.00. The van der Waals surface area contributed by atoms with Crippen molar-refractivity contribution in [1.29, 1.82) is 0 Å². The number of unbranched alkanes of at least 4 members (excludes halogenated alkanes) is 1. The van der Waals surface area contributed by atoms with E-state index in [-0.39, 0.29) is 4.90 Å². The van der Waals surface area contributed by atoms with Gasteiger partial charge in [-0.05, 0) is 57.4 Å².